The van der Waals surface area contributed by atoms with Gasteiger partial charge in [0.05, 0.1) is 12.8 Å². The third kappa shape index (κ3) is 4.90. The lowest BCUT2D eigenvalue weighted by atomic mass is 10.2. The molecule has 0 spiro atoms. The van der Waals surface area contributed by atoms with Crippen molar-refractivity contribution < 1.29 is 14.6 Å². The van der Waals surface area contributed by atoms with Crippen molar-refractivity contribution in [2.24, 2.45) is 0 Å². The number of hydrogen-bond acceptors (Lipinski definition) is 5. The van der Waals surface area contributed by atoms with Gasteiger partial charge in [-0.05, 0) is 36.8 Å². The number of nitrogens with zero attached hydrogens (tertiary/aromatic N) is 2. The van der Waals surface area contributed by atoms with E-state index in [-0.39, 0.29) is 0 Å². The van der Waals surface area contributed by atoms with Crippen LogP contribution in [-0.2, 0) is 0 Å². The predicted octanol–water partition coefficient (Wildman–Crippen LogP) is 2.57. The van der Waals surface area contributed by atoms with Gasteiger partial charge in [0.2, 0.25) is 0 Å². The molecule has 2 aromatic carbocycles. The summed E-state index contributed by atoms with van der Waals surface area (Å²) < 4.78 is 11.2. The molecular formula is C21H28N2O3. The molecule has 0 radical (unpaired) electrons. The van der Waals surface area contributed by atoms with Crippen molar-refractivity contribution in [3.8, 4) is 11.5 Å². The maximum Gasteiger partial charge on any atom is 0.142 e. The van der Waals surface area contributed by atoms with Crippen LogP contribution in [-0.4, -0.2) is 62.6 Å². The topological polar surface area (TPSA) is 45.2 Å². The van der Waals surface area contributed by atoms with Crippen LogP contribution in [0.1, 0.15) is 5.56 Å². The summed E-state index contributed by atoms with van der Waals surface area (Å²) in [6, 6.07) is 16.0. The van der Waals surface area contributed by atoms with E-state index in [1.54, 1.807) is 7.11 Å². The number of para-hydroxylation sites is 2. The molecule has 0 bridgehead atoms. The first-order valence-corrected chi connectivity index (χ1v) is 9.13. The molecule has 0 aromatic heterocycles. The summed E-state index contributed by atoms with van der Waals surface area (Å²) in [5, 5.41) is 10.3. The highest BCUT2D eigenvalue weighted by Gasteiger charge is 2.21. The highest BCUT2D eigenvalue weighted by Crippen LogP contribution is 2.28. The van der Waals surface area contributed by atoms with E-state index >= 15 is 0 Å². The van der Waals surface area contributed by atoms with Crippen LogP contribution in [0.25, 0.3) is 0 Å². The van der Waals surface area contributed by atoms with E-state index in [4.69, 9.17) is 9.47 Å². The molecular weight excluding hydrogens is 328 g/mol. The fourth-order valence-corrected chi connectivity index (χ4v) is 3.31. The van der Waals surface area contributed by atoms with Gasteiger partial charge < -0.3 is 19.5 Å². The van der Waals surface area contributed by atoms with Gasteiger partial charge in [-0.3, -0.25) is 4.90 Å². The Kier molecular flexibility index (Phi) is 6.36. The number of anilines is 1. The Morgan fingerprint density at radius 2 is 1.81 bits per heavy atom. The molecule has 5 heteroatoms. The van der Waals surface area contributed by atoms with Crippen molar-refractivity contribution in [2.45, 2.75) is 13.0 Å². The zero-order valence-electron chi connectivity index (χ0n) is 15.6. The number of benzene rings is 2. The molecule has 0 unspecified atom stereocenters. The largest absolute Gasteiger partial charge is 0.495 e. The molecule has 1 aliphatic rings. The molecule has 1 atom stereocenters. The summed E-state index contributed by atoms with van der Waals surface area (Å²) in [6.45, 7) is 6.66. The van der Waals surface area contributed by atoms with Crippen LogP contribution >= 0.6 is 0 Å². The van der Waals surface area contributed by atoms with Crippen LogP contribution in [0.5, 0.6) is 11.5 Å². The average molecular weight is 356 g/mol. The Morgan fingerprint density at radius 3 is 2.54 bits per heavy atom. The Hall–Kier alpha value is -2.24. The van der Waals surface area contributed by atoms with Crippen molar-refractivity contribution in [3.05, 3.63) is 54.1 Å². The number of methoxy groups -OCH3 is 1. The molecule has 5 nitrogen and oxygen atoms in total. The van der Waals surface area contributed by atoms with Gasteiger partial charge in [-0.15, -0.1) is 0 Å². The van der Waals surface area contributed by atoms with E-state index in [0.29, 0.717) is 13.2 Å². The van der Waals surface area contributed by atoms with E-state index in [9.17, 15) is 5.11 Å². The molecule has 3 rings (SSSR count). The molecule has 1 aliphatic heterocycles. The zero-order chi connectivity index (χ0) is 18.4. The summed E-state index contributed by atoms with van der Waals surface area (Å²) in [4.78, 5) is 4.63. The third-order valence-corrected chi connectivity index (χ3v) is 4.70. The van der Waals surface area contributed by atoms with Crippen LogP contribution in [0.3, 0.4) is 0 Å². The van der Waals surface area contributed by atoms with Gasteiger partial charge in [0, 0.05) is 32.7 Å². The third-order valence-electron chi connectivity index (χ3n) is 4.70. The maximum absolute atomic E-state index is 10.3. The second kappa shape index (κ2) is 8.92. The van der Waals surface area contributed by atoms with Crippen molar-refractivity contribution >= 4 is 5.69 Å². The lowest BCUT2D eigenvalue weighted by molar-refractivity contribution is 0.0662. The predicted molar refractivity (Wildman–Crippen MR) is 104 cm³/mol. The van der Waals surface area contributed by atoms with Gasteiger partial charge in [-0.1, -0.05) is 24.3 Å². The number of aliphatic hydroxyl groups is 1. The first-order valence-electron chi connectivity index (χ1n) is 9.13. The summed E-state index contributed by atoms with van der Waals surface area (Å²) in [5.74, 6) is 1.72. The Labute approximate surface area is 155 Å². The van der Waals surface area contributed by atoms with Crippen molar-refractivity contribution in [2.75, 3.05) is 51.3 Å². The molecule has 1 heterocycles. The zero-order valence-corrected chi connectivity index (χ0v) is 15.6. The Morgan fingerprint density at radius 1 is 1.04 bits per heavy atom. The molecule has 1 saturated heterocycles. The second-order valence-electron chi connectivity index (χ2n) is 6.74. The van der Waals surface area contributed by atoms with Crippen LogP contribution in [0.15, 0.2) is 48.5 Å². The first-order chi connectivity index (χ1) is 12.7. The number of ether oxygens (including phenoxy) is 2. The van der Waals surface area contributed by atoms with Crippen LogP contribution in [0.2, 0.25) is 0 Å². The summed E-state index contributed by atoms with van der Waals surface area (Å²) in [6.07, 6.45) is -0.492. The Balaban J connectivity index is 1.45. The van der Waals surface area contributed by atoms with Crippen molar-refractivity contribution in [1.29, 1.82) is 0 Å². The molecule has 0 amide bonds. The molecule has 140 valence electrons. The molecule has 26 heavy (non-hydrogen) atoms. The number of aryl methyl sites for hydroxylation is 1. The summed E-state index contributed by atoms with van der Waals surface area (Å²) >= 11 is 0. The first kappa shape index (κ1) is 18.5. The lowest BCUT2D eigenvalue weighted by Gasteiger charge is -2.37. The summed E-state index contributed by atoms with van der Waals surface area (Å²) in [5.41, 5.74) is 2.29. The quantitative estimate of drug-likeness (QED) is 0.826. The second-order valence-corrected chi connectivity index (χ2v) is 6.74. The SMILES string of the molecule is COc1ccccc1N1CCN(C[C@@H](O)COc2cccc(C)c2)CC1. The minimum Gasteiger partial charge on any atom is -0.495 e. The van der Waals surface area contributed by atoms with Crippen LogP contribution in [0, 0.1) is 6.92 Å². The van der Waals surface area contributed by atoms with Crippen LogP contribution < -0.4 is 14.4 Å². The standard InChI is InChI=1S/C21H28N2O3/c1-17-6-5-7-19(14-17)26-16-18(24)15-22-10-12-23(13-11-22)20-8-3-4-9-21(20)25-2/h3-9,14,18,24H,10-13,15-16H2,1-2H3/t18-/m1/s1. The highest BCUT2D eigenvalue weighted by molar-refractivity contribution is 5.58. The molecule has 0 saturated carbocycles. The monoisotopic (exact) mass is 356 g/mol. The lowest BCUT2D eigenvalue weighted by Crippen LogP contribution is -2.49. The summed E-state index contributed by atoms with van der Waals surface area (Å²) in [7, 11) is 1.71. The fourth-order valence-electron chi connectivity index (χ4n) is 3.31. The fraction of sp³-hybridized carbons (Fsp3) is 0.429. The van der Waals surface area contributed by atoms with Crippen molar-refractivity contribution in [3.63, 3.8) is 0 Å². The van der Waals surface area contributed by atoms with Gasteiger partial charge in [-0.2, -0.15) is 0 Å². The van der Waals surface area contributed by atoms with Gasteiger partial charge in [-0.25, -0.2) is 0 Å². The van der Waals surface area contributed by atoms with E-state index < -0.39 is 6.10 Å². The van der Waals surface area contributed by atoms with E-state index in [1.165, 1.54) is 0 Å². The highest BCUT2D eigenvalue weighted by atomic mass is 16.5. The minimum atomic E-state index is -0.492. The number of piperazine rings is 1. The smallest absolute Gasteiger partial charge is 0.142 e. The van der Waals surface area contributed by atoms with E-state index in [1.807, 2.05) is 49.4 Å². The van der Waals surface area contributed by atoms with Crippen LogP contribution in [0.4, 0.5) is 5.69 Å². The van der Waals surface area contributed by atoms with Gasteiger partial charge in [0.1, 0.15) is 24.2 Å². The Bertz CT molecular complexity index is 699. The molecule has 1 fully saturated rings. The molecule has 1 N–H and O–H groups in total. The van der Waals surface area contributed by atoms with Gasteiger partial charge >= 0.3 is 0 Å². The number of hydrogen-bond donors (Lipinski definition) is 1. The minimum absolute atomic E-state index is 0.316. The van der Waals surface area contributed by atoms with E-state index in [2.05, 4.69) is 15.9 Å². The molecule has 0 aliphatic carbocycles. The number of rotatable bonds is 7. The number of β-amino-alcohol motifs (C(OH)–C–C–N with tert-alkyl or cyclic N) is 1. The maximum atomic E-state index is 10.3. The van der Waals surface area contributed by atoms with Gasteiger partial charge in [0.25, 0.3) is 0 Å². The van der Waals surface area contributed by atoms with Gasteiger partial charge in [0.15, 0.2) is 0 Å². The number of aliphatic hydroxyl groups excluding tert-OH is 1. The van der Waals surface area contributed by atoms with Crippen molar-refractivity contribution in [1.82, 2.24) is 4.90 Å². The van der Waals surface area contributed by atoms with E-state index in [0.717, 1.165) is 48.9 Å². The average Bonchev–Trinajstić information content (AvgIpc) is 2.67. The molecule has 2 aromatic rings. The normalized spacial score (nSPS) is 16.3.